The molecular weight excluding hydrogens is 328 g/mol. The Morgan fingerprint density at radius 1 is 1.08 bits per heavy atom. The van der Waals surface area contributed by atoms with Gasteiger partial charge in [-0.1, -0.05) is 48.5 Å². The van der Waals surface area contributed by atoms with E-state index in [1.165, 1.54) is 19.2 Å². The van der Waals surface area contributed by atoms with Gasteiger partial charge in [-0.3, -0.25) is 4.79 Å². The van der Waals surface area contributed by atoms with E-state index in [2.05, 4.69) is 0 Å². The highest BCUT2D eigenvalue weighted by Gasteiger charge is 2.76. The average Bonchev–Trinajstić information content (AvgIpc) is 3.28. The zero-order valence-corrected chi connectivity index (χ0v) is 13.9. The molecule has 0 spiro atoms. The molecule has 6 heteroatoms. The Morgan fingerprint density at radius 2 is 1.62 bits per heavy atom. The van der Waals surface area contributed by atoms with E-state index in [1.54, 1.807) is 42.5 Å². The van der Waals surface area contributed by atoms with Crippen LogP contribution < -0.4 is 0 Å². The number of ether oxygens (including phenoxy) is 1. The molecule has 24 heavy (non-hydrogen) atoms. The van der Waals surface area contributed by atoms with E-state index in [9.17, 15) is 18.3 Å². The molecule has 0 bridgehead atoms. The fraction of sp³-hybridized carbons (Fsp3) is 0.278. The number of hydrogen-bond donors (Lipinski definition) is 1. The lowest BCUT2D eigenvalue weighted by Gasteiger charge is -2.12. The Kier molecular flexibility index (Phi) is 4.19. The summed E-state index contributed by atoms with van der Waals surface area (Å²) in [6, 6.07) is 16.9. The molecule has 0 aromatic heterocycles. The third-order valence-corrected chi connectivity index (χ3v) is 6.89. The lowest BCUT2D eigenvalue weighted by atomic mass is 10.0. The van der Waals surface area contributed by atoms with Crippen molar-refractivity contribution in [2.45, 2.75) is 16.1 Å². The molecule has 1 fully saturated rings. The Hall–Kier alpha value is -2.18. The summed E-state index contributed by atoms with van der Waals surface area (Å²) in [6.45, 7) is -0.154. The Labute approximate surface area is 140 Å². The van der Waals surface area contributed by atoms with Crippen LogP contribution in [0.3, 0.4) is 0 Å². The van der Waals surface area contributed by atoms with Gasteiger partial charge in [0, 0.05) is 13.0 Å². The topological polar surface area (TPSA) is 80.7 Å². The van der Waals surface area contributed by atoms with E-state index >= 15 is 0 Å². The summed E-state index contributed by atoms with van der Waals surface area (Å²) in [5.41, 5.74) is -0.772. The maximum absolute atomic E-state index is 13.1. The van der Waals surface area contributed by atoms with Crippen LogP contribution in [0.15, 0.2) is 65.6 Å². The summed E-state index contributed by atoms with van der Waals surface area (Å²) in [5, 5.41) is 8.75. The van der Waals surface area contributed by atoms with Gasteiger partial charge in [0.05, 0.1) is 16.8 Å². The number of rotatable bonds is 6. The lowest BCUT2D eigenvalue weighted by Crippen LogP contribution is -2.28. The number of hydrogen-bond acceptors (Lipinski definition) is 4. The van der Waals surface area contributed by atoms with Gasteiger partial charge in [-0.2, -0.15) is 0 Å². The van der Waals surface area contributed by atoms with Crippen LogP contribution in [0.2, 0.25) is 0 Å². The highest BCUT2D eigenvalue weighted by molar-refractivity contribution is 7.92. The molecule has 2 aromatic rings. The van der Waals surface area contributed by atoms with Gasteiger partial charge in [0.15, 0.2) is 9.84 Å². The first-order valence-electron chi connectivity index (χ1n) is 7.52. The molecule has 1 aliphatic carbocycles. The van der Waals surface area contributed by atoms with E-state index < -0.39 is 32.4 Å². The van der Waals surface area contributed by atoms with Gasteiger partial charge in [0.2, 0.25) is 0 Å². The third kappa shape index (κ3) is 2.42. The van der Waals surface area contributed by atoms with Crippen molar-refractivity contribution in [3.63, 3.8) is 0 Å². The minimum atomic E-state index is -3.80. The van der Waals surface area contributed by atoms with Crippen molar-refractivity contribution in [1.29, 1.82) is 0 Å². The standard InChI is InChI=1S/C18H18O5S/c1-23-12-18(17(19)20)15(13-8-4-2-5-9-13)16(18)24(21,22)14-10-6-3-7-11-14/h2-11,15-16H,12H2,1H3,(H,19,20)/t15-,16+,18-/m1/s1. The maximum Gasteiger partial charge on any atom is 0.314 e. The van der Waals surface area contributed by atoms with E-state index in [1.807, 2.05) is 6.07 Å². The largest absolute Gasteiger partial charge is 0.481 e. The number of carboxylic acid groups (broad SMARTS) is 1. The molecular formula is C18H18O5S. The molecule has 5 nitrogen and oxygen atoms in total. The van der Waals surface area contributed by atoms with Crippen LogP contribution in [0, 0.1) is 5.41 Å². The van der Waals surface area contributed by atoms with Gasteiger partial charge in [-0.05, 0) is 17.7 Å². The molecule has 3 atom stereocenters. The third-order valence-electron chi connectivity index (χ3n) is 4.60. The van der Waals surface area contributed by atoms with Gasteiger partial charge in [0.25, 0.3) is 0 Å². The van der Waals surface area contributed by atoms with E-state index in [0.717, 1.165) is 0 Å². The van der Waals surface area contributed by atoms with E-state index in [4.69, 9.17) is 4.74 Å². The monoisotopic (exact) mass is 346 g/mol. The molecule has 1 N–H and O–H groups in total. The highest BCUT2D eigenvalue weighted by Crippen LogP contribution is 2.64. The minimum absolute atomic E-state index is 0.134. The summed E-state index contributed by atoms with van der Waals surface area (Å²) in [4.78, 5) is 12.1. The lowest BCUT2D eigenvalue weighted by molar-refractivity contribution is -0.145. The fourth-order valence-corrected chi connectivity index (χ4v) is 5.86. The number of carboxylic acids is 1. The number of methoxy groups -OCH3 is 1. The van der Waals surface area contributed by atoms with Crippen molar-refractivity contribution < 1.29 is 23.1 Å². The van der Waals surface area contributed by atoms with Gasteiger partial charge < -0.3 is 9.84 Å². The smallest absolute Gasteiger partial charge is 0.314 e. The second kappa shape index (κ2) is 6.03. The summed E-state index contributed by atoms with van der Waals surface area (Å²) >= 11 is 0. The predicted molar refractivity (Wildman–Crippen MR) is 88.5 cm³/mol. The molecule has 1 saturated carbocycles. The van der Waals surface area contributed by atoms with Crippen LogP contribution in [-0.2, 0) is 19.4 Å². The zero-order chi connectivity index (χ0) is 17.4. The van der Waals surface area contributed by atoms with Gasteiger partial charge in [-0.15, -0.1) is 0 Å². The van der Waals surface area contributed by atoms with Crippen LogP contribution >= 0.6 is 0 Å². The predicted octanol–water partition coefficient (Wildman–Crippen LogP) is 2.34. The summed E-state index contributed by atoms with van der Waals surface area (Å²) in [6.07, 6.45) is 0. The van der Waals surface area contributed by atoms with Crippen molar-refractivity contribution >= 4 is 15.8 Å². The first kappa shape index (κ1) is 16.7. The van der Waals surface area contributed by atoms with Crippen LogP contribution in [0.4, 0.5) is 0 Å². The number of sulfone groups is 1. The van der Waals surface area contributed by atoms with Gasteiger partial charge >= 0.3 is 5.97 Å². The van der Waals surface area contributed by atoms with Crippen LogP contribution in [-0.4, -0.2) is 38.5 Å². The molecule has 0 aliphatic heterocycles. The Morgan fingerprint density at radius 3 is 2.12 bits per heavy atom. The van der Waals surface area contributed by atoms with Crippen LogP contribution in [0.25, 0.3) is 0 Å². The highest BCUT2D eigenvalue weighted by atomic mass is 32.2. The maximum atomic E-state index is 13.1. The minimum Gasteiger partial charge on any atom is -0.481 e. The van der Waals surface area contributed by atoms with E-state index in [0.29, 0.717) is 5.56 Å². The summed E-state index contributed by atoms with van der Waals surface area (Å²) in [5.74, 6) is -1.79. The Balaban J connectivity index is 2.12. The number of carbonyl (C=O) groups is 1. The van der Waals surface area contributed by atoms with Crippen molar-refractivity contribution in [3.8, 4) is 0 Å². The van der Waals surface area contributed by atoms with Gasteiger partial charge in [-0.25, -0.2) is 8.42 Å². The first-order valence-corrected chi connectivity index (χ1v) is 9.07. The van der Waals surface area contributed by atoms with Crippen molar-refractivity contribution in [2.24, 2.45) is 5.41 Å². The van der Waals surface area contributed by atoms with Crippen molar-refractivity contribution in [2.75, 3.05) is 13.7 Å². The second-order valence-electron chi connectivity index (χ2n) is 5.95. The molecule has 0 heterocycles. The van der Waals surface area contributed by atoms with Crippen LogP contribution in [0.5, 0.6) is 0 Å². The molecule has 0 radical (unpaired) electrons. The SMILES string of the molecule is COC[C@@]1(C(=O)O)[C@H](c2ccccc2)[C@@H]1S(=O)(=O)c1ccccc1. The molecule has 3 rings (SSSR count). The molecule has 0 unspecified atom stereocenters. The Bertz CT molecular complexity index is 832. The first-order chi connectivity index (χ1) is 11.5. The molecule has 1 aliphatic rings. The molecule has 126 valence electrons. The summed E-state index contributed by atoms with van der Waals surface area (Å²) < 4.78 is 31.2. The molecule has 0 saturated heterocycles. The van der Waals surface area contributed by atoms with Crippen molar-refractivity contribution in [3.05, 3.63) is 66.2 Å². The quantitative estimate of drug-likeness (QED) is 0.868. The average molecular weight is 346 g/mol. The molecule has 0 amide bonds. The van der Waals surface area contributed by atoms with Crippen LogP contribution in [0.1, 0.15) is 11.5 Å². The van der Waals surface area contributed by atoms with Crippen molar-refractivity contribution in [1.82, 2.24) is 0 Å². The van der Waals surface area contributed by atoms with E-state index in [-0.39, 0.29) is 11.5 Å². The molecule has 2 aromatic carbocycles. The summed E-state index contributed by atoms with van der Waals surface area (Å²) in [7, 11) is -2.41. The number of aliphatic carboxylic acids is 1. The number of benzene rings is 2. The second-order valence-corrected chi connectivity index (χ2v) is 8.01. The fourth-order valence-electron chi connectivity index (χ4n) is 3.48. The van der Waals surface area contributed by atoms with Gasteiger partial charge in [0.1, 0.15) is 5.41 Å². The normalized spacial score (nSPS) is 26.0. The zero-order valence-electron chi connectivity index (χ0n) is 13.1.